The number of alkyl halides is 3. The Morgan fingerprint density at radius 2 is 1.67 bits per heavy atom. The van der Waals surface area contributed by atoms with Gasteiger partial charge in [-0.05, 0) is 24.3 Å². The van der Waals surface area contributed by atoms with Crippen LogP contribution in [0.1, 0.15) is 15.9 Å². The molecule has 0 saturated carbocycles. The highest BCUT2D eigenvalue weighted by Gasteiger charge is 2.32. The lowest BCUT2D eigenvalue weighted by Crippen LogP contribution is -2.34. The Hall–Kier alpha value is -3.32. The number of imide groups is 1. The number of hydrogen-bond acceptors (Lipinski definition) is 6. The van der Waals surface area contributed by atoms with E-state index in [4.69, 9.17) is 51.1 Å². The summed E-state index contributed by atoms with van der Waals surface area (Å²) in [4.78, 5) is 38.5. The highest BCUT2D eigenvalue weighted by atomic mass is 35.5. The van der Waals surface area contributed by atoms with Gasteiger partial charge in [-0.3, -0.25) is 20.2 Å². The van der Waals surface area contributed by atoms with Crippen LogP contribution in [0, 0.1) is 10.1 Å². The molecule has 0 aliphatic heterocycles. The number of rotatable bonds is 5. The van der Waals surface area contributed by atoms with Gasteiger partial charge < -0.3 is 10.1 Å². The molecule has 0 unspecified atom stereocenters. The maximum Gasteiger partial charge on any atom is 0.417 e. The maximum atomic E-state index is 12.8. The molecule has 3 rings (SSSR count). The molecule has 1 aromatic heterocycles. The second kappa shape index (κ2) is 10.7. The summed E-state index contributed by atoms with van der Waals surface area (Å²) in [5, 5.41) is 14.0. The number of halogens is 7. The molecule has 16 heteroatoms. The zero-order valence-corrected chi connectivity index (χ0v) is 20.1. The first-order valence-corrected chi connectivity index (χ1v) is 10.7. The number of anilines is 1. The minimum absolute atomic E-state index is 0.00930. The van der Waals surface area contributed by atoms with Crippen molar-refractivity contribution in [1.82, 2.24) is 10.3 Å². The van der Waals surface area contributed by atoms with Gasteiger partial charge in [0.2, 0.25) is 5.88 Å². The fourth-order valence-corrected chi connectivity index (χ4v) is 3.61. The second-order valence-electron chi connectivity index (χ2n) is 6.68. The molecule has 3 aromatic rings. The lowest BCUT2D eigenvalue weighted by Gasteiger charge is -2.13. The van der Waals surface area contributed by atoms with Crippen molar-refractivity contribution >= 4 is 69.7 Å². The third kappa shape index (κ3) is 6.26. The summed E-state index contributed by atoms with van der Waals surface area (Å²) in [6, 6.07) is 5.36. The summed E-state index contributed by atoms with van der Waals surface area (Å²) in [6.07, 6.45) is -4.15. The summed E-state index contributed by atoms with van der Waals surface area (Å²) in [5.41, 5.74) is -2.15. The first-order valence-electron chi connectivity index (χ1n) is 9.22. The molecule has 0 atom stereocenters. The predicted molar refractivity (Wildman–Crippen MR) is 125 cm³/mol. The Kier molecular flexibility index (Phi) is 8.14. The average molecular weight is 584 g/mol. The Labute approximate surface area is 219 Å². The van der Waals surface area contributed by atoms with E-state index in [0.717, 1.165) is 12.1 Å². The Bertz CT molecular complexity index is 1390. The molecule has 0 aliphatic carbocycles. The number of amides is 3. The number of ether oxygens (including phenoxy) is 1. The van der Waals surface area contributed by atoms with Gasteiger partial charge in [0.05, 0.1) is 26.1 Å². The highest BCUT2D eigenvalue weighted by molar-refractivity contribution is 6.41. The van der Waals surface area contributed by atoms with Crippen molar-refractivity contribution in [2.24, 2.45) is 0 Å². The van der Waals surface area contributed by atoms with Gasteiger partial charge in [-0.1, -0.05) is 46.4 Å². The summed E-state index contributed by atoms with van der Waals surface area (Å²) in [5.74, 6) is -1.66. The number of carbonyl (C=O) groups excluding carboxylic acids is 2. The van der Waals surface area contributed by atoms with Crippen molar-refractivity contribution in [1.29, 1.82) is 0 Å². The lowest BCUT2D eigenvalue weighted by atomic mass is 10.2. The molecule has 2 aromatic carbocycles. The van der Waals surface area contributed by atoms with Crippen LogP contribution in [0.3, 0.4) is 0 Å². The zero-order chi connectivity index (χ0) is 26.8. The lowest BCUT2D eigenvalue weighted by molar-refractivity contribution is -0.384. The van der Waals surface area contributed by atoms with Crippen molar-refractivity contribution in [2.75, 3.05) is 5.32 Å². The topological polar surface area (TPSA) is 123 Å². The first-order chi connectivity index (χ1) is 16.8. The van der Waals surface area contributed by atoms with Crippen LogP contribution in [0.15, 0.2) is 42.6 Å². The number of nitro groups is 1. The quantitative estimate of drug-likeness (QED) is 0.238. The fourth-order valence-electron chi connectivity index (χ4n) is 2.64. The molecular weight excluding hydrogens is 575 g/mol. The van der Waals surface area contributed by atoms with E-state index < -0.39 is 55.8 Å². The van der Waals surface area contributed by atoms with Gasteiger partial charge >= 0.3 is 12.2 Å². The number of benzene rings is 2. The van der Waals surface area contributed by atoms with Crippen molar-refractivity contribution in [3.05, 3.63) is 83.9 Å². The van der Waals surface area contributed by atoms with Gasteiger partial charge in [0, 0.05) is 24.0 Å². The van der Waals surface area contributed by atoms with E-state index in [1.54, 1.807) is 0 Å². The summed E-state index contributed by atoms with van der Waals surface area (Å²) in [6.45, 7) is 0. The van der Waals surface area contributed by atoms with Crippen LogP contribution in [-0.2, 0) is 6.18 Å². The number of aromatic nitrogens is 1. The van der Waals surface area contributed by atoms with Gasteiger partial charge in [0.25, 0.3) is 11.6 Å². The highest BCUT2D eigenvalue weighted by Crippen LogP contribution is 2.37. The normalized spacial score (nSPS) is 11.1. The number of nitrogens with zero attached hydrogens (tertiary/aromatic N) is 2. The average Bonchev–Trinajstić information content (AvgIpc) is 2.76. The molecular formula is C20H9Cl4F3N4O5. The van der Waals surface area contributed by atoms with Crippen molar-refractivity contribution in [3.63, 3.8) is 0 Å². The maximum absolute atomic E-state index is 12.8. The molecule has 0 fully saturated rings. The van der Waals surface area contributed by atoms with Gasteiger partial charge in [0.1, 0.15) is 15.8 Å². The molecule has 2 N–H and O–H groups in total. The molecule has 0 saturated heterocycles. The van der Waals surface area contributed by atoms with Crippen molar-refractivity contribution < 1.29 is 32.4 Å². The van der Waals surface area contributed by atoms with Gasteiger partial charge in [-0.2, -0.15) is 13.2 Å². The van der Waals surface area contributed by atoms with Gasteiger partial charge in [0.15, 0.2) is 0 Å². The largest absolute Gasteiger partial charge is 0.436 e. The minimum atomic E-state index is -4.67. The van der Waals surface area contributed by atoms with Gasteiger partial charge in [-0.15, -0.1) is 0 Å². The van der Waals surface area contributed by atoms with Crippen LogP contribution in [-0.4, -0.2) is 21.8 Å². The smallest absolute Gasteiger partial charge is 0.417 e. The Morgan fingerprint density at radius 3 is 2.28 bits per heavy atom. The van der Waals surface area contributed by atoms with E-state index in [2.05, 4.69) is 10.3 Å². The number of nitro benzene ring substituents is 1. The van der Waals surface area contributed by atoms with Crippen molar-refractivity contribution in [2.45, 2.75) is 6.18 Å². The van der Waals surface area contributed by atoms with E-state index >= 15 is 0 Å². The predicted octanol–water partition coefficient (Wildman–Crippen LogP) is 7.38. The molecule has 0 bridgehead atoms. The summed E-state index contributed by atoms with van der Waals surface area (Å²) < 4.78 is 43.7. The van der Waals surface area contributed by atoms with Crippen LogP contribution in [0.5, 0.6) is 11.6 Å². The van der Waals surface area contributed by atoms with E-state index in [1.165, 1.54) is 18.2 Å². The number of pyridine rings is 1. The van der Waals surface area contributed by atoms with Crippen molar-refractivity contribution in [3.8, 4) is 11.6 Å². The van der Waals surface area contributed by atoms with E-state index in [9.17, 15) is 32.9 Å². The van der Waals surface area contributed by atoms with Crippen LogP contribution in [0.4, 0.5) is 29.3 Å². The standard InChI is InChI=1S/C20H9Cl4F3N4O5/c21-10-2-1-9(6-14(10)36-18-12(23)5-8(7-28-18)20(25,26)27)29-19(33)30-17(32)15-11(22)3-4-13(16(15)24)31(34)35/h1-7H,(H2,29,30,32,33). The van der Waals surface area contributed by atoms with Crippen LogP contribution >= 0.6 is 46.4 Å². The van der Waals surface area contributed by atoms with Gasteiger partial charge in [-0.25, -0.2) is 9.78 Å². The second-order valence-corrected chi connectivity index (χ2v) is 8.28. The molecule has 9 nitrogen and oxygen atoms in total. The fraction of sp³-hybridized carbons (Fsp3) is 0.0500. The molecule has 36 heavy (non-hydrogen) atoms. The molecule has 0 aliphatic rings. The summed E-state index contributed by atoms with van der Waals surface area (Å²) >= 11 is 23.6. The summed E-state index contributed by atoms with van der Waals surface area (Å²) in [7, 11) is 0. The number of urea groups is 1. The molecule has 0 radical (unpaired) electrons. The van der Waals surface area contributed by atoms with Crippen LogP contribution in [0.2, 0.25) is 20.1 Å². The third-order valence-corrected chi connectivity index (χ3v) is 5.53. The molecule has 1 heterocycles. The monoisotopic (exact) mass is 582 g/mol. The third-order valence-electron chi connectivity index (χ3n) is 4.25. The SMILES string of the molecule is O=C(NC(=O)c1c(Cl)ccc([N+](=O)[O-])c1Cl)Nc1ccc(Cl)c(Oc2ncc(C(F)(F)F)cc2Cl)c1. The Morgan fingerprint density at radius 1 is 1.00 bits per heavy atom. The number of nitrogens with one attached hydrogen (secondary N) is 2. The van der Waals surface area contributed by atoms with E-state index in [0.29, 0.717) is 12.3 Å². The minimum Gasteiger partial charge on any atom is -0.436 e. The molecule has 3 amide bonds. The first kappa shape index (κ1) is 27.3. The van der Waals surface area contributed by atoms with E-state index in [1.807, 2.05) is 5.32 Å². The Balaban J connectivity index is 1.76. The van der Waals surface area contributed by atoms with E-state index in [-0.39, 0.29) is 21.5 Å². The zero-order valence-electron chi connectivity index (χ0n) is 17.1. The molecule has 0 spiro atoms. The van der Waals surface area contributed by atoms with Crippen LogP contribution in [0.25, 0.3) is 0 Å². The molecule has 188 valence electrons. The number of hydrogen-bond donors (Lipinski definition) is 2. The number of carbonyl (C=O) groups is 2. The van der Waals surface area contributed by atoms with Crippen LogP contribution < -0.4 is 15.4 Å².